The molecule has 0 atom stereocenters. The predicted octanol–water partition coefficient (Wildman–Crippen LogP) is 5.62. The van der Waals surface area contributed by atoms with E-state index in [9.17, 15) is 22.8 Å². The Morgan fingerprint density at radius 2 is 1.63 bits per heavy atom. The van der Waals surface area contributed by atoms with Crippen molar-refractivity contribution in [2.24, 2.45) is 7.05 Å². The van der Waals surface area contributed by atoms with Crippen LogP contribution in [-0.4, -0.2) is 37.5 Å². The fraction of sp³-hybridized carbons (Fsp3) is 0.207. The van der Waals surface area contributed by atoms with Gasteiger partial charge in [-0.1, -0.05) is 41.7 Å². The summed E-state index contributed by atoms with van der Waals surface area (Å²) in [7, 11) is -4.21. The zero-order valence-corrected chi connectivity index (χ0v) is 24.7. The van der Waals surface area contributed by atoms with Crippen LogP contribution < -0.4 is 19.8 Å². The number of alkyl halides is 3. The minimum Gasteiger partial charge on any atom is -0.741 e. The number of anilines is 1. The summed E-state index contributed by atoms with van der Waals surface area (Å²) < 4.78 is 73.4. The summed E-state index contributed by atoms with van der Waals surface area (Å²) in [5, 5.41) is 1.17. The second-order valence-electron chi connectivity index (χ2n) is 9.03. The molecule has 0 aliphatic rings. The minimum absolute atomic E-state index is 0.202. The van der Waals surface area contributed by atoms with E-state index in [1.165, 1.54) is 11.3 Å². The van der Waals surface area contributed by atoms with Gasteiger partial charge in [0.15, 0.2) is 15.7 Å². The second-order valence-corrected chi connectivity index (χ2v) is 11.4. The molecule has 3 aromatic carbocycles. The topological polar surface area (TPSA) is 121 Å². The van der Waals surface area contributed by atoms with Gasteiger partial charge in [0.25, 0.3) is 5.01 Å². The number of aromatic nitrogens is 1. The highest BCUT2D eigenvalue weighted by atomic mass is 32.2. The standard InChI is InChI=1S/C28H25N2O4S.CHF3O3S/c1-4-30(5-2)18-15-16-20-22(17-18)34-28(32)25(24(20)27(31)33-19-11-7-6-8-12-19)26-29(3)21-13-9-10-14-23(21)35-26;2-1(3,4)8(5,6)7/h6-17H,4-5H2,1-3H3;(H,5,6,7)/q+1;/p-1. The van der Waals surface area contributed by atoms with Crippen molar-refractivity contribution in [3.8, 4) is 16.3 Å². The van der Waals surface area contributed by atoms with Gasteiger partial charge in [0.2, 0.25) is 5.52 Å². The number of thiazole rings is 1. The van der Waals surface area contributed by atoms with Gasteiger partial charge in [0, 0.05) is 36.3 Å². The minimum atomic E-state index is -6.09. The average molecular weight is 635 g/mol. The molecular weight excluding hydrogens is 609 g/mol. The van der Waals surface area contributed by atoms with E-state index >= 15 is 0 Å². The van der Waals surface area contributed by atoms with Gasteiger partial charge in [-0.25, -0.2) is 18.0 Å². The van der Waals surface area contributed by atoms with Crippen LogP contribution >= 0.6 is 11.3 Å². The number of aryl methyl sites for hydroxylation is 1. The van der Waals surface area contributed by atoms with Crippen LogP contribution in [0.2, 0.25) is 0 Å². The van der Waals surface area contributed by atoms with Gasteiger partial charge in [0.1, 0.15) is 23.1 Å². The van der Waals surface area contributed by atoms with Crippen LogP contribution in [0.3, 0.4) is 0 Å². The van der Waals surface area contributed by atoms with Gasteiger partial charge in [-0.05, 0) is 44.2 Å². The van der Waals surface area contributed by atoms with Crippen molar-refractivity contribution >= 4 is 54.3 Å². The zero-order valence-electron chi connectivity index (χ0n) is 23.0. The number of halogens is 3. The molecule has 0 fully saturated rings. The summed E-state index contributed by atoms with van der Waals surface area (Å²) in [6, 6.07) is 22.3. The van der Waals surface area contributed by atoms with E-state index in [-0.39, 0.29) is 11.1 Å². The number of benzene rings is 3. The summed E-state index contributed by atoms with van der Waals surface area (Å²) in [5.41, 5.74) is -3.57. The number of hydrogen-bond acceptors (Lipinski definition) is 9. The number of nitrogens with zero attached hydrogens (tertiary/aromatic N) is 2. The van der Waals surface area contributed by atoms with Gasteiger partial charge in [-0.3, -0.25) is 0 Å². The molecule has 43 heavy (non-hydrogen) atoms. The van der Waals surface area contributed by atoms with Crippen molar-refractivity contribution in [2.75, 3.05) is 18.0 Å². The molecule has 14 heteroatoms. The van der Waals surface area contributed by atoms with Crippen molar-refractivity contribution < 1.29 is 44.7 Å². The van der Waals surface area contributed by atoms with Gasteiger partial charge in [-0.2, -0.15) is 17.7 Å². The van der Waals surface area contributed by atoms with Crippen LogP contribution in [-0.2, 0) is 17.2 Å². The maximum Gasteiger partial charge on any atom is 0.485 e. The molecule has 0 aliphatic carbocycles. The van der Waals surface area contributed by atoms with Crippen molar-refractivity contribution in [3.05, 3.63) is 88.8 Å². The molecular formula is C29H25F3N2O7S2. The average Bonchev–Trinajstić information content (AvgIpc) is 3.28. The molecule has 0 bridgehead atoms. The Hall–Kier alpha value is -4.27. The largest absolute Gasteiger partial charge is 0.741 e. The quantitative estimate of drug-likeness (QED) is 0.0590. The molecule has 0 saturated heterocycles. The summed E-state index contributed by atoms with van der Waals surface area (Å²) in [4.78, 5) is 29.2. The second kappa shape index (κ2) is 12.5. The van der Waals surface area contributed by atoms with Gasteiger partial charge >= 0.3 is 17.1 Å². The summed E-state index contributed by atoms with van der Waals surface area (Å²) in [5.74, 6) is -0.192. The van der Waals surface area contributed by atoms with E-state index in [2.05, 4.69) is 18.7 Å². The van der Waals surface area contributed by atoms with Crippen LogP contribution in [0.15, 0.2) is 82.0 Å². The van der Waals surface area contributed by atoms with Gasteiger partial charge in [-0.15, -0.1) is 0 Å². The first kappa shape index (κ1) is 31.7. The third-order valence-electron chi connectivity index (χ3n) is 6.41. The third-order valence-corrected chi connectivity index (χ3v) is 8.22. The normalized spacial score (nSPS) is 11.7. The molecule has 0 unspecified atom stereocenters. The van der Waals surface area contributed by atoms with E-state index < -0.39 is 27.2 Å². The Kier molecular flexibility index (Phi) is 9.23. The van der Waals surface area contributed by atoms with Gasteiger partial charge < -0.3 is 18.6 Å². The summed E-state index contributed by atoms with van der Waals surface area (Å²) in [6.45, 7) is 5.75. The fourth-order valence-corrected chi connectivity index (χ4v) is 5.54. The summed E-state index contributed by atoms with van der Waals surface area (Å²) >= 11 is 1.44. The molecule has 0 aliphatic heterocycles. The molecule has 2 aromatic heterocycles. The van der Waals surface area contributed by atoms with Crippen LogP contribution in [0, 0.1) is 0 Å². The lowest BCUT2D eigenvalue weighted by Gasteiger charge is -2.21. The lowest BCUT2D eigenvalue weighted by Crippen LogP contribution is -2.31. The Morgan fingerprint density at radius 3 is 2.21 bits per heavy atom. The Morgan fingerprint density at radius 1 is 1.02 bits per heavy atom. The Balaban J connectivity index is 0.000000467. The number of esters is 1. The van der Waals surface area contributed by atoms with Crippen LogP contribution in [0.4, 0.5) is 18.9 Å². The van der Waals surface area contributed by atoms with Crippen molar-refractivity contribution in [1.29, 1.82) is 0 Å². The number of carbonyl (C=O) groups excluding carboxylic acids is 1. The molecule has 0 spiro atoms. The highest BCUT2D eigenvalue weighted by molar-refractivity contribution is 7.86. The zero-order chi connectivity index (χ0) is 31.5. The number of ether oxygens (including phenoxy) is 1. The fourth-order valence-electron chi connectivity index (χ4n) is 4.35. The smallest absolute Gasteiger partial charge is 0.485 e. The van der Waals surface area contributed by atoms with E-state index in [0.29, 0.717) is 21.7 Å². The SMILES string of the molecule is CCN(CC)c1ccc2c(C(=O)Oc3ccccc3)c(-c3sc4ccccc4[n+]3C)c(=O)oc2c1.O=S(=O)([O-])C(F)(F)F. The van der Waals surface area contributed by atoms with Crippen molar-refractivity contribution in [3.63, 3.8) is 0 Å². The third kappa shape index (κ3) is 6.71. The lowest BCUT2D eigenvalue weighted by atomic mass is 10.0. The van der Waals surface area contributed by atoms with E-state index in [0.717, 1.165) is 29.0 Å². The molecule has 0 saturated carbocycles. The highest BCUT2D eigenvalue weighted by Crippen LogP contribution is 2.34. The molecule has 2 heterocycles. The van der Waals surface area contributed by atoms with E-state index in [1.807, 2.05) is 60.1 Å². The molecule has 0 N–H and O–H groups in total. The molecule has 5 rings (SSSR count). The molecule has 9 nitrogen and oxygen atoms in total. The monoisotopic (exact) mass is 634 g/mol. The summed E-state index contributed by atoms with van der Waals surface area (Å²) in [6.07, 6.45) is 0. The number of rotatable bonds is 6. The number of hydrogen-bond donors (Lipinski definition) is 0. The van der Waals surface area contributed by atoms with Crippen molar-refractivity contribution in [1.82, 2.24) is 0 Å². The van der Waals surface area contributed by atoms with E-state index in [1.54, 1.807) is 24.3 Å². The number of carbonyl (C=O) groups is 1. The Bertz CT molecular complexity index is 1950. The first-order chi connectivity index (χ1) is 20.3. The molecule has 5 aromatic rings. The maximum atomic E-state index is 13.6. The number of para-hydroxylation sites is 2. The first-order valence-corrected chi connectivity index (χ1v) is 15.0. The number of fused-ring (bicyclic) bond motifs is 2. The molecule has 226 valence electrons. The van der Waals surface area contributed by atoms with Crippen LogP contribution in [0.5, 0.6) is 5.75 Å². The molecule has 0 radical (unpaired) electrons. The van der Waals surface area contributed by atoms with Gasteiger partial charge in [0.05, 0.1) is 5.56 Å². The maximum absolute atomic E-state index is 13.6. The van der Waals surface area contributed by atoms with Crippen LogP contribution in [0.1, 0.15) is 24.2 Å². The first-order valence-electron chi connectivity index (χ1n) is 12.8. The van der Waals surface area contributed by atoms with Crippen LogP contribution in [0.25, 0.3) is 31.8 Å². The predicted molar refractivity (Wildman–Crippen MR) is 155 cm³/mol. The lowest BCUT2D eigenvalue weighted by molar-refractivity contribution is -0.629. The molecule has 0 amide bonds. The van der Waals surface area contributed by atoms with Crippen molar-refractivity contribution in [2.45, 2.75) is 19.4 Å². The van der Waals surface area contributed by atoms with E-state index in [4.69, 9.17) is 22.1 Å². The Labute approximate surface area is 248 Å². The highest BCUT2D eigenvalue weighted by Gasteiger charge is 2.37.